The molecular formula is C16H19ClN2O2. The van der Waals surface area contributed by atoms with E-state index in [-0.39, 0.29) is 12.6 Å². The molecule has 1 aromatic carbocycles. The van der Waals surface area contributed by atoms with Crippen LogP contribution in [0.3, 0.4) is 0 Å². The molecule has 0 aliphatic rings. The fourth-order valence-electron chi connectivity index (χ4n) is 2.11. The molecule has 0 bridgehead atoms. The van der Waals surface area contributed by atoms with Crippen LogP contribution in [0.2, 0.25) is 5.15 Å². The number of benzene rings is 1. The van der Waals surface area contributed by atoms with Crippen molar-refractivity contribution in [3.63, 3.8) is 0 Å². The van der Waals surface area contributed by atoms with Crippen molar-refractivity contribution in [1.29, 1.82) is 0 Å². The van der Waals surface area contributed by atoms with Gasteiger partial charge >= 0.3 is 0 Å². The number of rotatable bonds is 6. The third kappa shape index (κ3) is 4.09. The maximum Gasteiger partial charge on any atom is 0.129 e. The summed E-state index contributed by atoms with van der Waals surface area (Å²) in [6.07, 6.45) is 1.69. The zero-order valence-corrected chi connectivity index (χ0v) is 12.9. The normalized spacial score (nSPS) is 12.0. The second kappa shape index (κ2) is 7.29. The lowest BCUT2D eigenvalue weighted by atomic mass is 10.1. The highest BCUT2D eigenvalue weighted by molar-refractivity contribution is 6.29. The van der Waals surface area contributed by atoms with Crippen LogP contribution in [-0.2, 0) is 6.61 Å². The summed E-state index contributed by atoms with van der Waals surface area (Å²) >= 11 is 5.91. The highest BCUT2D eigenvalue weighted by Gasteiger charge is 2.09. The smallest absolute Gasteiger partial charge is 0.129 e. The van der Waals surface area contributed by atoms with Crippen molar-refractivity contribution in [2.45, 2.75) is 26.5 Å². The second-order valence-electron chi connectivity index (χ2n) is 4.69. The molecule has 112 valence electrons. The van der Waals surface area contributed by atoms with Gasteiger partial charge in [0.1, 0.15) is 10.9 Å². The zero-order chi connectivity index (χ0) is 15.2. The van der Waals surface area contributed by atoms with E-state index in [4.69, 9.17) is 16.3 Å². The first-order valence-electron chi connectivity index (χ1n) is 6.88. The minimum atomic E-state index is -0.0552. The maximum atomic E-state index is 9.42. The van der Waals surface area contributed by atoms with Gasteiger partial charge in [-0.05, 0) is 49.7 Å². The number of aliphatic hydroxyl groups is 1. The topological polar surface area (TPSA) is 54.4 Å². The summed E-state index contributed by atoms with van der Waals surface area (Å²) in [7, 11) is 0. The Kier molecular flexibility index (Phi) is 5.42. The molecule has 21 heavy (non-hydrogen) atoms. The highest BCUT2D eigenvalue weighted by Crippen LogP contribution is 2.26. The molecule has 1 heterocycles. The third-order valence-corrected chi connectivity index (χ3v) is 3.37. The molecule has 2 aromatic rings. The molecule has 1 unspecified atom stereocenters. The van der Waals surface area contributed by atoms with Crippen molar-refractivity contribution < 1.29 is 9.84 Å². The largest absolute Gasteiger partial charge is 0.494 e. The molecule has 0 fully saturated rings. The van der Waals surface area contributed by atoms with E-state index in [9.17, 15) is 5.11 Å². The molecule has 2 N–H and O–H groups in total. The van der Waals surface area contributed by atoms with Crippen LogP contribution in [0.25, 0.3) is 0 Å². The average Bonchev–Trinajstić information content (AvgIpc) is 2.49. The predicted octanol–water partition coefficient (Wildman–Crippen LogP) is 3.80. The van der Waals surface area contributed by atoms with E-state index in [1.54, 1.807) is 6.20 Å². The Morgan fingerprint density at radius 2 is 2.14 bits per heavy atom. The van der Waals surface area contributed by atoms with Gasteiger partial charge in [-0.15, -0.1) is 0 Å². The minimum Gasteiger partial charge on any atom is -0.494 e. The molecule has 0 radical (unpaired) electrons. The van der Waals surface area contributed by atoms with Gasteiger partial charge in [0.05, 0.1) is 13.2 Å². The zero-order valence-electron chi connectivity index (χ0n) is 12.1. The molecule has 0 aliphatic heterocycles. The molecule has 0 aliphatic carbocycles. The molecule has 0 saturated heterocycles. The first-order chi connectivity index (χ1) is 10.1. The summed E-state index contributed by atoms with van der Waals surface area (Å²) in [6, 6.07) is 9.53. The van der Waals surface area contributed by atoms with Crippen molar-refractivity contribution in [3.8, 4) is 5.75 Å². The summed E-state index contributed by atoms with van der Waals surface area (Å²) in [5.74, 6) is 0.713. The van der Waals surface area contributed by atoms with Gasteiger partial charge in [0.15, 0.2) is 0 Å². The third-order valence-electron chi connectivity index (χ3n) is 3.16. The summed E-state index contributed by atoms with van der Waals surface area (Å²) in [5.41, 5.74) is 2.74. The van der Waals surface area contributed by atoms with Gasteiger partial charge in [0.2, 0.25) is 0 Å². The number of anilines is 1. The lowest BCUT2D eigenvalue weighted by molar-refractivity contribution is 0.267. The fourth-order valence-corrected chi connectivity index (χ4v) is 2.29. The number of aliphatic hydroxyl groups excluding tert-OH is 1. The van der Waals surface area contributed by atoms with Crippen molar-refractivity contribution in [2.24, 2.45) is 0 Å². The van der Waals surface area contributed by atoms with Crippen molar-refractivity contribution >= 4 is 17.3 Å². The Morgan fingerprint density at radius 1 is 1.33 bits per heavy atom. The van der Waals surface area contributed by atoms with Gasteiger partial charge in [-0.3, -0.25) is 0 Å². The van der Waals surface area contributed by atoms with Crippen LogP contribution in [0.4, 0.5) is 5.69 Å². The number of aromatic nitrogens is 1. The van der Waals surface area contributed by atoms with Crippen LogP contribution >= 0.6 is 11.6 Å². The van der Waals surface area contributed by atoms with Crippen LogP contribution in [0.1, 0.15) is 31.0 Å². The molecule has 1 atom stereocenters. The summed E-state index contributed by atoms with van der Waals surface area (Å²) in [4.78, 5) is 3.98. The van der Waals surface area contributed by atoms with Crippen LogP contribution < -0.4 is 10.1 Å². The average molecular weight is 307 g/mol. The van der Waals surface area contributed by atoms with Gasteiger partial charge < -0.3 is 15.2 Å². The van der Waals surface area contributed by atoms with Crippen LogP contribution in [0.15, 0.2) is 36.5 Å². The van der Waals surface area contributed by atoms with Crippen molar-refractivity contribution in [1.82, 2.24) is 4.98 Å². The first kappa shape index (κ1) is 15.6. The fraction of sp³-hybridized carbons (Fsp3) is 0.312. The Morgan fingerprint density at radius 3 is 2.81 bits per heavy atom. The summed E-state index contributed by atoms with van der Waals surface area (Å²) in [5, 5.41) is 13.3. The molecule has 4 nitrogen and oxygen atoms in total. The van der Waals surface area contributed by atoms with E-state index < -0.39 is 0 Å². The summed E-state index contributed by atoms with van der Waals surface area (Å²) in [6.45, 7) is 4.48. The van der Waals surface area contributed by atoms with Crippen LogP contribution in [0, 0.1) is 0 Å². The monoisotopic (exact) mass is 306 g/mol. The number of ether oxygens (including phenoxy) is 1. The Bertz CT molecular complexity index is 605. The van der Waals surface area contributed by atoms with Gasteiger partial charge in [0.25, 0.3) is 0 Å². The lowest BCUT2D eigenvalue weighted by Gasteiger charge is -2.17. The SMILES string of the molecule is CCOc1ccc(NC(C)c2ccnc(Cl)c2)cc1CO. The molecule has 5 heteroatoms. The van der Waals surface area contributed by atoms with Gasteiger partial charge in [0, 0.05) is 23.5 Å². The molecule has 1 aromatic heterocycles. The van der Waals surface area contributed by atoms with Crippen LogP contribution in [-0.4, -0.2) is 16.7 Å². The van der Waals surface area contributed by atoms with Gasteiger partial charge in [-0.1, -0.05) is 11.6 Å². The number of halogens is 1. The first-order valence-corrected chi connectivity index (χ1v) is 7.26. The Labute approximate surface area is 129 Å². The number of hydrogen-bond donors (Lipinski definition) is 2. The minimum absolute atomic E-state index is 0.0552. The standard InChI is InChI=1S/C16H19ClN2O2/c1-3-21-15-5-4-14(8-13(15)10-20)19-11(2)12-6-7-18-16(17)9-12/h4-9,11,19-20H,3,10H2,1-2H3. The van der Waals surface area contributed by atoms with E-state index >= 15 is 0 Å². The second-order valence-corrected chi connectivity index (χ2v) is 5.08. The van der Waals surface area contributed by atoms with E-state index in [0.29, 0.717) is 17.5 Å². The van der Waals surface area contributed by atoms with Crippen molar-refractivity contribution in [2.75, 3.05) is 11.9 Å². The Balaban J connectivity index is 2.15. The van der Waals surface area contributed by atoms with E-state index in [0.717, 1.165) is 16.8 Å². The molecular weight excluding hydrogens is 288 g/mol. The number of pyridine rings is 1. The predicted molar refractivity (Wildman–Crippen MR) is 84.8 cm³/mol. The van der Waals surface area contributed by atoms with E-state index in [2.05, 4.69) is 10.3 Å². The maximum absolute atomic E-state index is 9.42. The lowest BCUT2D eigenvalue weighted by Crippen LogP contribution is -2.07. The number of hydrogen-bond acceptors (Lipinski definition) is 4. The quantitative estimate of drug-likeness (QED) is 0.797. The summed E-state index contributed by atoms with van der Waals surface area (Å²) < 4.78 is 5.47. The molecule has 0 amide bonds. The highest BCUT2D eigenvalue weighted by atomic mass is 35.5. The van der Waals surface area contributed by atoms with Crippen LogP contribution in [0.5, 0.6) is 5.75 Å². The van der Waals surface area contributed by atoms with E-state index in [1.165, 1.54) is 0 Å². The number of nitrogens with zero attached hydrogens (tertiary/aromatic N) is 1. The molecule has 2 rings (SSSR count). The molecule has 0 spiro atoms. The number of nitrogens with one attached hydrogen (secondary N) is 1. The Hall–Kier alpha value is -1.78. The van der Waals surface area contributed by atoms with Gasteiger partial charge in [-0.2, -0.15) is 0 Å². The van der Waals surface area contributed by atoms with Crippen molar-refractivity contribution in [3.05, 3.63) is 52.8 Å². The van der Waals surface area contributed by atoms with E-state index in [1.807, 2.05) is 44.2 Å². The van der Waals surface area contributed by atoms with Gasteiger partial charge in [-0.25, -0.2) is 4.98 Å². The molecule has 0 saturated carbocycles.